The van der Waals surface area contributed by atoms with Crippen LogP contribution in [0.5, 0.6) is 0 Å². The van der Waals surface area contributed by atoms with Gasteiger partial charge < -0.3 is 19.5 Å². The molecule has 0 radical (unpaired) electrons. The van der Waals surface area contributed by atoms with Crippen molar-refractivity contribution in [3.8, 4) is 0 Å². The molecule has 24 heavy (non-hydrogen) atoms. The molecule has 0 saturated carbocycles. The zero-order chi connectivity index (χ0) is 17.1. The summed E-state index contributed by atoms with van der Waals surface area (Å²) in [5, 5.41) is 3.99. The van der Waals surface area contributed by atoms with Crippen molar-refractivity contribution in [3.05, 3.63) is 30.5 Å². The molecule has 1 aromatic carbocycles. The van der Waals surface area contributed by atoms with E-state index in [9.17, 15) is 9.59 Å². The summed E-state index contributed by atoms with van der Waals surface area (Å²) in [6.07, 6.45) is 3.50. The summed E-state index contributed by atoms with van der Waals surface area (Å²) in [5.74, 6) is -0.433. The van der Waals surface area contributed by atoms with Crippen LogP contribution in [0.4, 0.5) is 10.5 Å². The molecule has 0 unspecified atom stereocenters. The van der Waals surface area contributed by atoms with E-state index in [1.54, 1.807) is 11.8 Å². The highest BCUT2D eigenvalue weighted by molar-refractivity contribution is 6.01. The third-order valence-corrected chi connectivity index (χ3v) is 4.47. The molecule has 0 spiro atoms. The number of carbonyl (C=O) groups excluding carboxylic acids is 2. The van der Waals surface area contributed by atoms with Crippen LogP contribution in [0, 0.1) is 5.92 Å². The SMILES string of the molecule is CCOC(=O)[C@H]1CCCN(C(=O)Nc2cn(C)c3ccccc23)C1. The molecule has 1 aromatic heterocycles. The van der Waals surface area contributed by atoms with Gasteiger partial charge in [0.15, 0.2) is 0 Å². The maximum Gasteiger partial charge on any atom is 0.321 e. The molecule has 0 aliphatic carbocycles. The second-order valence-electron chi connectivity index (χ2n) is 6.14. The largest absolute Gasteiger partial charge is 0.466 e. The summed E-state index contributed by atoms with van der Waals surface area (Å²) in [6, 6.07) is 7.77. The van der Waals surface area contributed by atoms with E-state index in [0.717, 1.165) is 29.4 Å². The van der Waals surface area contributed by atoms with Crippen LogP contribution < -0.4 is 5.32 Å². The molecule has 0 bridgehead atoms. The molecule has 1 aliphatic heterocycles. The van der Waals surface area contributed by atoms with Gasteiger partial charge in [0, 0.05) is 37.2 Å². The van der Waals surface area contributed by atoms with E-state index in [-0.39, 0.29) is 17.9 Å². The van der Waals surface area contributed by atoms with E-state index in [0.29, 0.717) is 19.7 Å². The number of rotatable bonds is 3. The molecule has 2 aromatic rings. The maximum absolute atomic E-state index is 12.6. The third-order valence-electron chi connectivity index (χ3n) is 4.47. The number of piperidine rings is 1. The first-order valence-electron chi connectivity index (χ1n) is 8.36. The standard InChI is InChI=1S/C18H23N3O3/c1-3-24-17(22)13-7-6-10-21(11-13)18(23)19-15-12-20(2)16-9-5-4-8-14(15)16/h4-5,8-9,12-13H,3,6-7,10-11H2,1-2H3,(H,19,23)/t13-/m0/s1. The molecule has 6 heteroatoms. The fourth-order valence-corrected chi connectivity index (χ4v) is 3.25. The predicted molar refractivity (Wildman–Crippen MR) is 92.9 cm³/mol. The van der Waals surface area contributed by atoms with Gasteiger partial charge in [-0.2, -0.15) is 0 Å². The zero-order valence-corrected chi connectivity index (χ0v) is 14.1. The van der Waals surface area contributed by atoms with Crippen molar-refractivity contribution in [3.63, 3.8) is 0 Å². The minimum atomic E-state index is -0.225. The Balaban J connectivity index is 1.71. The zero-order valence-electron chi connectivity index (χ0n) is 14.1. The number of esters is 1. The van der Waals surface area contributed by atoms with Crippen LogP contribution in [-0.2, 0) is 16.6 Å². The Kier molecular flexibility index (Phi) is 4.74. The molecule has 128 valence electrons. The van der Waals surface area contributed by atoms with E-state index < -0.39 is 0 Å². The molecular formula is C18H23N3O3. The van der Waals surface area contributed by atoms with Crippen LogP contribution in [0.3, 0.4) is 0 Å². The van der Waals surface area contributed by atoms with Gasteiger partial charge in [-0.1, -0.05) is 18.2 Å². The molecule has 1 N–H and O–H groups in total. The number of hydrogen-bond donors (Lipinski definition) is 1. The van der Waals surface area contributed by atoms with E-state index >= 15 is 0 Å². The van der Waals surface area contributed by atoms with E-state index in [1.807, 2.05) is 42.1 Å². The fraction of sp³-hybridized carbons (Fsp3) is 0.444. The first kappa shape index (κ1) is 16.4. The summed E-state index contributed by atoms with van der Waals surface area (Å²) in [7, 11) is 1.95. The lowest BCUT2D eigenvalue weighted by molar-refractivity contribution is -0.149. The van der Waals surface area contributed by atoms with Gasteiger partial charge in [-0.3, -0.25) is 4.79 Å². The first-order valence-corrected chi connectivity index (χ1v) is 8.36. The number of anilines is 1. The number of nitrogens with one attached hydrogen (secondary N) is 1. The quantitative estimate of drug-likeness (QED) is 0.881. The van der Waals surface area contributed by atoms with Gasteiger partial charge in [0.05, 0.1) is 18.2 Å². The summed E-state index contributed by atoms with van der Waals surface area (Å²) >= 11 is 0. The highest BCUT2D eigenvalue weighted by Crippen LogP contribution is 2.26. The predicted octanol–water partition coefficient (Wildman–Crippen LogP) is 2.99. The molecule has 2 heterocycles. The molecule has 1 fully saturated rings. The Bertz CT molecular complexity index is 753. The van der Waals surface area contributed by atoms with Crippen LogP contribution in [0.15, 0.2) is 30.5 Å². The first-order chi connectivity index (χ1) is 11.6. The Morgan fingerprint density at radius 2 is 2.12 bits per heavy atom. The highest BCUT2D eigenvalue weighted by Gasteiger charge is 2.29. The number of benzene rings is 1. The van der Waals surface area contributed by atoms with Crippen molar-refractivity contribution in [1.29, 1.82) is 0 Å². The lowest BCUT2D eigenvalue weighted by atomic mass is 9.98. The minimum Gasteiger partial charge on any atom is -0.466 e. The number of hydrogen-bond acceptors (Lipinski definition) is 3. The highest BCUT2D eigenvalue weighted by atomic mass is 16.5. The average molecular weight is 329 g/mol. The van der Waals surface area contributed by atoms with Gasteiger partial charge in [0.1, 0.15) is 0 Å². The third kappa shape index (κ3) is 3.22. The number of urea groups is 1. The van der Waals surface area contributed by atoms with Crippen LogP contribution >= 0.6 is 0 Å². The maximum atomic E-state index is 12.6. The lowest BCUT2D eigenvalue weighted by Crippen LogP contribution is -2.44. The van der Waals surface area contributed by atoms with Crippen molar-refractivity contribution in [1.82, 2.24) is 9.47 Å². The van der Waals surface area contributed by atoms with Gasteiger partial charge in [0.25, 0.3) is 0 Å². The van der Waals surface area contributed by atoms with Crippen molar-refractivity contribution in [2.45, 2.75) is 19.8 Å². The van der Waals surface area contributed by atoms with Crippen molar-refractivity contribution in [2.24, 2.45) is 13.0 Å². The lowest BCUT2D eigenvalue weighted by Gasteiger charge is -2.31. The Morgan fingerprint density at radius 3 is 2.92 bits per heavy atom. The van der Waals surface area contributed by atoms with Crippen molar-refractivity contribution < 1.29 is 14.3 Å². The van der Waals surface area contributed by atoms with Crippen LogP contribution in [0.2, 0.25) is 0 Å². The number of amides is 2. The number of carbonyl (C=O) groups is 2. The Morgan fingerprint density at radius 1 is 1.33 bits per heavy atom. The van der Waals surface area contributed by atoms with Crippen molar-refractivity contribution in [2.75, 3.05) is 25.0 Å². The summed E-state index contributed by atoms with van der Waals surface area (Å²) < 4.78 is 7.08. The normalized spacial score (nSPS) is 17.8. The monoisotopic (exact) mass is 329 g/mol. The number of aromatic nitrogens is 1. The molecule has 1 atom stereocenters. The van der Waals surface area contributed by atoms with E-state index in [4.69, 9.17) is 4.74 Å². The number of para-hydroxylation sites is 1. The number of aryl methyl sites for hydroxylation is 1. The summed E-state index contributed by atoms with van der Waals surface area (Å²) in [6.45, 7) is 3.24. The van der Waals surface area contributed by atoms with Gasteiger partial charge in [-0.15, -0.1) is 0 Å². The second kappa shape index (κ2) is 6.95. The van der Waals surface area contributed by atoms with Gasteiger partial charge in [0.2, 0.25) is 0 Å². The molecule has 1 aliphatic rings. The van der Waals surface area contributed by atoms with E-state index in [2.05, 4.69) is 5.32 Å². The Hall–Kier alpha value is -2.50. The number of nitrogens with zero attached hydrogens (tertiary/aromatic N) is 2. The average Bonchev–Trinajstić information content (AvgIpc) is 2.91. The molecule has 1 saturated heterocycles. The molecule has 3 rings (SSSR count). The second-order valence-corrected chi connectivity index (χ2v) is 6.14. The number of ether oxygens (including phenoxy) is 1. The molecule has 2 amide bonds. The van der Waals surface area contributed by atoms with Gasteiger partial charge in [-0.05, 0) is 25.8 Å². The van der Waals surface area contributed by atoms with Crippen LogP contribution in [0.1, 0.15) is 19.8 Å². The topological polar surface area (TPSA) is 63.6 Å². The minimum absolute atomic E-state index is 0.166. The van der Waals surface area contributed by atoms with Crippen LogP contribution in [-0.4, -0.2) is 41.2 Å². The number of fused-ring (bicyclic) bond motifs is 1. The molecule has 6 nitrogen and oxygen atoms in total. The Labute approximate surface area is 141 Å². The van der Waals surface area contributed by atoms with Gasteiger partial charge in [-0.25, -0.2) is 4.79 Å². The summed E-state index contributed by atoms with van der Waals surface area (Å²) in [4.78, 5) is 26.2. The smallest absolute Gasteiger partial charge is 0.321 e. The molecular weight excluding hydrogens is 306 g/mol. The fourth-order valence-electron chi connectivity index (χ4n) is 3.25. The number of likely N-dealkylation sites (tertiary alicyclic amines) is 1. The van der Waals surface area contributed by atoms with Crippen LogP contribution in [0.25, 0.3) is 10.9 Å². The van der Waals surface area contributed by atoms with Crippen molar-refractivity contribution >= 4 is 28.6 Å². The van der Waals surface area contributed by atoms with E-state index in [1.165, 1.54) is 0 Å². The summed E-state index contributed by atoms with van der Waals surface area (Å²) in [5.41, 5.74) is 1.85. The van der Waals surface area contributed by atoms with Gasteiger partial charge >= 0.3 is 12.0 Å².